The van der Waals surface area contributed by atoms with Crippen LogP contribution in [0.5, 0.6) is 11.5 Å². The Labute approximate surface area is 248 Å². The first-order valence-corrected chi connectivity index (χ1v) is 14.4. The molecule has 5 nitrogen and oxygen atoms in total. The van der Waals surface area contributed by atoms with Gasteiger partial charge in [0, 0.05) is 5.56 Å². The number of ether oxygens (including phenoxy) is 3. The minimum absolute atomic E-state index is 0.0237. The van der Waals surface area contributed by atoms with Crippen LogP contribution in [0.3, 0.4) is 0 Å². The first-order valence-electron chi connectivity index (χ1n) is 14.4. The molecule has 0 unspecified atom stereocenters. The second kappa shape index (κ2) is 11.8. The molecule has 5 heteroatoms. The molecular formula is C37H38O5. The van der Waals surface area contributed by atoms with E-state index >= 15 is 0 Å². The Morgan fingerprint density at radius 2 is 1.36 bits per heavy atom. The van der Waals surface area contributed by atoms with Crippen molar-refractivity contribution < 1.29 is 23.8 Å². The number of benzene rings is 4. The lowest BCUT2D eigenvalue weighted by Crippen LogP contribution is -2.34. The lowest BCUT2D eigenvalue weighted by molar-refractivity contribution is -0.142. The third kappa shape index (κ3) is 6.57. The fourth-order valence-electron chi connectivity index (χ4n) is 5.41. The number of esters is 2. The Kier molecular flexibility index (Phi) is 8.22. The van der Waals surface area contributed by atoms with Crippen LogP contribution >= 0.6 is 0 Å². The molecule has 0 saturated heterocycles. The summed E-state index contributed by atoms with van der Waals surface area (Å²) < 4.78 is 17.5. The predicted octanol–water partition coefficient (Wildman–Crippen LogP) is 8.43. The molecule has 0 fully saturated rings. The zero-order valence-corrected chi connectivity index (χ0v) is 25.0. The van der Waals surface area contributed by atoms with Crippen LogP contribution in [0.4, 0.5) is 0 Å². The molecule has 0 aliphatic heterocycles. The molecule has 5 rings (SSSR count). The van der Waals surface area contributed by atoms with Crippen molar-refractivity contribution in [3.63, 3.8) is 0 Å². The lowest BCUT2D eigenvalue weighted by atomic mass is 9.63. The van der Waals surface area contributed by atoms with Gasteiger partial charge in [-0.1, -0.05) is 93.9 Å². The number of carbonyl (C=O) groups excluding carboxylic acids is 2. The lowest BCUT2D eigenvalue weighted by Gasteiger charge is -2.42. The highest BCUT2D eigenvalue weighted by molar-refractivity contribution is 5.89. The van der Waals surface area contributed by atoms with Crippen LogP contribution in [0.15, 0.2) is 97.1 Å². The maximum atomic E-state index is 13.7. The smallest absolute Gasteiger partial charge is 0.357 e. The van der Waals surface area contributed by atoms with Gasteiger partial charge in [0.25, 0.3) is 0 Å². The Hall–Kier alpha value is -4.38. The van der Waals surface area contributed by atoms with Gasteiger partial charge in [0.15, 0.2) is 0 Å². The van der Waals surface area contributed by atoms with Gasteiger partial charge in [-0.05, 0) is 83.7 Å². The van der Waals surface area contributed by atoms with Crippen molar-refractivity contribution in [3.05, 3.63) is 130 Å². The van der Waals surface area contributed by atoms with Crippen molar-refractivity contribution in [3.8, 4) is 11.5 Å². The van der Waals surface area contributed by atoms with Crippen molar-refractivity contribution in [2.24, 2.45) is 0 Å². The summed E-state index contributed by atoms with van der Waals surface area (Å²) in [5.74, 6) is -0.0902. The molecule has 0 heterocycles. The van der Waals surface area contributed by atoms with E-state index in [4.69, 9.17) is 14.2 Å². The highest BCUT2D eigenvalue weighted by Crippen LogP contribution is 2.46. The van der Waals surface area contributed by atoms with Gasteiger partial charge in [-0.15, -0.1) is 0 Å². The van der Waals surface area contributed by atoms with Gasteiger partial charge < -0.3 is 14.2 Å². The third-order valence-corrected chi connectivity index (χ3v) is 8.19. The Bertz CT molecular complexity index is 1550. The van der Waals surface area contributed by atoms with Crippen LogP contribution in [0, 0.1) is 6.92 Å². The van der Waals surface area contributed by atoms with Gasteiger partial charge in [0.2, 0.25) is 6.10 Å². The van der Waals surface area contributed by atoms with Crippen LogP contribution in [0.2, 0.25) is 0 Å². The van der Waals surface area contributed by atoms with Crippen molar-refractivity contribution in [1.29, 1.82) is 0 Å². The topological polar surface area (TPSA) is 61.8 Å². The van der Waals surface area contributed by atoms with E-state index in [1.807, 2.05) is 67.6 Å². The van der Waals surface area contributed by atoms with Gasteiger partial charge in [-0.25, -0.2) is 9.59 Å². The fraction of sp³-hybridized carbons (Fsp3) is 0.297. The second-order valence-corrected chi connectivity index (χ2v) is 12.4. The summed E-state index contributed by atoms with van der Waals surface area (Å²) in [7, 11) is 0. The normalized spacial score (nSPS) is 15.6. The second-order valence-electron chi connectivity index (χ2n) is 12.4. The Morgan fingerprint density at radius 3 is 2.02 bits per heavy atom. The van der Waals surface area contributed by atoms with Crippen molar-refractivity contribution in [1.82, 2.24) is 0 Å². The zero-order valence-electron chi connectivity index (χ0n) is 25.0. The van der Waals surface area contributed by atoms with Crippen LogP contribution in [0.1, 0.15) is 84.8 Å². The average Bonchev–Trinajstić information content (AvgIpc) is 2.98. The summed E-state index contributed by atoms with van der Waals surface area (Å²) in [5.41, 5.74) is 5.70. The number of hydrogen-bond acceptors (Lipinski definition) is 5. The molecule has 4 aromatic carbocycles. The maximum Gasteiger partial charge on any atom is 0.357 e. The molecule has 0 spiro atoms. The monoisotopic (exact) mass is 562 g/mol. The van der Waals surface area contributed by atoms with Gasteiger partial charge in [-0.3, -0.25) is 0 Å². The van der Waals surface area contributed by atoms with Crippen LogP contribution in [-0.2, 0) is 27.0 Å². The molecule has 4 aromatic rings. The number of fused-ring (bicyclic) bond motifs is 1. The summed E-state index contributed by atoms with van der Waals surface area (Å²) in [6, 6.07) is 29.7. The van der Waals surface area contributed by atoms with E-state index in [0.29, 0.717) is 17.1 Å². The number of aryl methyl sites for hydroxylation is 1. The van der Waals surface area contributed by atoms with Gasteiger partial charge in [0.1, 0.15) is 18.1 Å². The fourth-order valence-corrected chi connectivity index (χ4v) is 5.41. The molecule has 42 heavy (non-hydrogen) atoms. The minimum atomic E-state index is -0.977. The summed E-state index contributed by atoms with van der Waals surface area (Å²) in [6.07, 6.45) is 1.19. The van der Waals surface area contributed by atoms with Crippen LogP contribution < -0.4 is 9.47 Å². The summed E-state index contributed by atoms with van der Waals surface area (Å²) in [5, 5.41) is 0. The van der Waals surface area contributed by atoms with E-state index in [1.54, 1.807) is 24.3 Å². The van der Waals surface area contributed by atoms with Crippen LogP contribution in [0.25, 0.3) is 0 Å². The molecule has 216 valence electrons. The summed E-state index contributed by atoms with van der Waals surface area (Å²) >= 11 is 0. The SMILES string of the molecule is Cc1ccc(O[C@@H](C(=O)Oc2ccc(C(=O)OCc3ccccc3)cc2)c2ccc3c(c2)C(C)(C)CCC3(C)C)cc1. The first kappa shape index (κ1) is 29.1. The minimum Gasteiger partial charge on any atom is -0.474 e. The van der Waals surface area contributed by atoms with E-state index in [1.165, 1.54) is 11.1 Å². The molecule has 0 aromatic heterocycles. The van der Waals surface area contributed by atoms with E-state index in [9.17, 15) is 9.59 Å². The molecule has 0 amide bonds. The average molecular weight is 563 g/mol. The summed E-state index contributed by atoms with van der Waals surface area (Å²) in [4.78, 5) is 26.2. The Morgan fingerprint density at radius 1 is 0.738 bits per heavy atom. The first-order chi connectivity index (χ1) is 20.0. The highest BCUT2D eigenvalue weighted by atomic mass is 16.6. The van der Waals surface area contributed by atoms with Crippen molar-refractivity contribution in [2.75, 3.05) is 0 Å². The number of rotatable bonds is 8. The number of hydrogen-bond donors (Lipinski definition) is 0. The predicted molar refractivity (Wildman–Crippen MR) is 164 cm³/mol. The zero-order chi connectivity index (χ0) is 29.9. The van der Waals surface area contributed by atoms with Gasteiger partial charge >= 0.3 is 11.9 Å². The van der Waals surface area contributed by atoms with Gasteiger partial charge in [0.05, 0.1) is 5.56 Å². The standard InChI is InChI=1S/C37H38O5/c1-25-11-16-29(17-12-25)41-33(28-15-20-31-32(23-28)37(4,5)22-21-36(31,2)3)35(39)42-30-18-13-27(14-19-30)34(38)40-24-26-9-7-6-8-10-26/h6-20,23,33H,21-22,24H2,1-5H3/t33-/m1/s1. The molecule has 1 atom stereocenters. The summed E-state index contributed by atoms with van der Waals surface area (Å²) in [6.45, 7) is 11.2. The quantitative estimate of drug-likeness (QED) is 0.159. The molecule has 0 bridgehead atoms. The molecule has 0 radical (unpaired) electrons. The van der Waals surface area contributed by atoms with Gasteiger partial charge in [-0.2, -0.15) is 0 Å². The van der Waals surface area contributed by atoms with Crippen molar-refractivity contribution in [2.45, 2.75) is 71.0 Å². The molecule has 0 N–H and O–H groups in total. The maximum absolute atomic E-state index is 13.7. The molecule has 0 saturated carbocycles. The van der Waals surface area contributed by atoms with Crippen molar-refractivity contribution >= 4 is 11.9 Å². The highest BCUT2D eigenvalue weighted by Gasteiger charge is 2.38. The van der Waals surface area contributed by atoms with E-state index in [2.05, 4.69) is 39.8 Å². The third-order valence-electron chi connectivity index (χ3n) is 8.19. The molecular weight excluding hydrogens is 524 g/mol. The molecule has 1 aliphatic carbocycles. The van der Waals surface area contributed by atoms with E-state index in [0.717, 1.165) is 29.5 Å². The van der Waals surface area contributed by atoms with E-state index in [-0.39, 0.29) is 17.4 Å². The van der Waals surface area contributed by atoms with Crippen LogP contribution in [-0.4, -0.2) is 11.9 Å². The number of carbonyl (C=O) groups is 2. The van der Waals surface area contributed by atoms with E-state index < -0.39 is 18.0 Å². The Balaban J connectivity index is 1.37. The largest absolute Gasteiger partial charge is 0.474 e. The molecule has 1 aliphatic rings.